The van der Waals surface area contributed by atoms with Crippen molar-refractivity contribution in [1.82, 2.24) is 10.2 Å². The number of piperazine rings is 1. The fourth-order valence-electron chi connectivity index (χ4n) is 4.15. The molecule has 1 heterocycles. The summed E-state index contributed by atoms with van der Waals surface area (Å²) in [6.07, 6.45) is -0.111. The first-order valence-electron chi connectivity index (χ1n) is 8.70. The molecule has 2 fully saturated rings. The van der Waals surface area contributed by atoms with Crippen molar-refractivity contribution in [2.75, 3.05) is 33.3 Å². The van der Waals surface area contributed by atoms with Crippen LogP contribution in [-0.4, -0.2) is 38.2 Å². The second kappa shape index (κ2) is 7.31. The summed E-state index contributed by atoms with van der Waals surface area (Å²) in [5.41, 5.74) is -0.130. The maximum Gasteiger partial charge on any atom is 0.416 e. The Balaban J connectivity index is 2.02. The molecule has 1 aliphatic carbocycles. The summed E-state index contributed by atoms with van der Waals surface area (Å²) in [5.74, 6) is 0.564. The van der Waals surface area contributed by atoms with Crippen LogP contribution in [0.25, 0.3) is 0 Å². The summed E-state index contributed by atoms with van der Waals surface area (Å²) < 4.78 is 46.1. The second-order valence-electron chi connectivity index (χ2n) is 6.73. The topological polar surface area (TPSA) is 24.5 Å². The largest absolute Gasteiger partial charge is 0.497 e. The molecule has 0 radical (unpaired) electrons. The molecule has 1 aromatic rings. The van der Waals surface area contributed by atoms with E-state index in [0.29, 0.717) is 11.5 Å². The van der Waals surface area contributed by atoms with Gasteiger partial charge in [0.25, 0.3) is 0 Å². The second-order valence-corrected chi connectivity index (χ2v) is 6.73. The predicted molar refractivity (Wildman–Crippen MR) is 87.1 cm³/mol. The zero-order valence-corrected chi connectivity index (χ0v) is 14.0. The van der Waals surface area contributed by atoms with Crippen LogP contribution in [0.4, 0.5) is 13.2 Å². The van der Waals surface area contributed by atoms with E-state index < -0.39 is 11.7 Å². The van der Waals surface area contributed by atoms with Crippen molar-refractivity contribution in [3.63, 3.8) is 0 Å². The van der Waals surface area contributed by atoms with E-state index in [1.165, 1.54) is 7.11 Å². The molecule has 0 spiro atoms. The Hall–Kier alpha value is -1.27. The first-order valence-corrected chi connectivity index (χ1v) is 8.70. The van der Waals surface area contributed by atoms with Crippen molar-refractivity contribution in [3.05, 3.63) is 29.3 Å². The van der Waals surface area contributed by atoms with Crippen molar-refractivity contribution >= 4 is 0 Å². The van der Waals surface area contributed by atoms with Crippen LogP contribution in [0.2, 0.25) is 0 Å². The number of benzene rings is 1. The molecular weight excluding hydrogens is 317 g/mol. The predicted octanol–water partition coefficient (Wildman–Crippen LogP) is 3.85. The minimum Gasteiger partial charge on any atom is -0.497 e. The van der Waals surface area contributed by atoms with Crippen LogP contribution in [-0.2, 0) is 6.18 Å². The van der Waals surface area contributed by atoms with Crippen molar-refractivity contribution < 1.29 is 17.9 Å². The molecule has 0 amide bonds. The number of methoxy groups -OCH3 is 1. The quantitative estimate of drug-likeness (QED) is 0.899. The van der Waals surface area contributed by atoms with Crippen molar-refractivity contribution in [2.45, 2.75) is 37.9 Å². The summed E-state index contributed by atoms with van der Waals surface area (Å²) in [6.45, 7) is 3.26. The van der Waals surface area contributed by atoms with E-state index in [4.69, 9.17) is 4.74 Å². The van der Waals surface area contributed by atoms with Crippen molar-refractivity contribution in [1.29, 1.82) is 0 Å². The van der Waals surface area contributed by atoms with Gasteiger partial charge in [0, 0.05) is 32.2 Å². The highest BCUT2D eigenvalue weighted by Gasteiger charge is 2.40. The monoisotopic (exact) mass is 342 g/mol. The van der Waals surface area contributed by atoms with Crippen LogP contribution in [0.15, 0.2) is 18.2 Å². The Morgan fingerprint density at radius 2 is 1.83 bits per heavy atom. The normalized spacial score (nSPS) is 21.8. The zero-order chi connectivity index (χ0) is 17.2. The van der Waals surface area contributed by atoms with Crippen LogP contribution >= 0.6 is 0 Å². The molecule has 1 saturated heterocycles. The average Bonchev–Trinajstić information content (AvgIpc) is 3.09. The van der Waals surface area contributed by atoms with Gasteiger partial charge in [-0.3, -0.25) is 4.90 Å². The first-order chi connectivity index (χ1) is 11.5. The van der Waals surface area contributed by atoms with Crippen molar-refractivity contribution in [3.8, 4) is 5.75 Å². The number of halogens is 3. The number of alkyl halides is 3. The van der Waals surface area contributed by atoms with Gasteiger partial charge in [0.2, 0.25) is 0 Å². The molecule has 0 bridgehead atoms. The molecule has 3 rings (SSSR count). The van der Waals surface area contributed by atoms with Gasteiger partial charge in [0.05, 0.1) is 12.7 Å². The average molecular weight is 342 g/mol. The Kier molecular flexibility index (Phi) is 5.35. The van der Waals surface area contributed by atoms with Gasteiger partial charge in [-0.25, -0.2) is 0 Å². The van der Waals surface area contributed by atoms with Crippen LogP contribution < -0.4 is 10.1 Å². The third-order valence-electron chi connectivity index (χ3n) is 5.28. The minimum absolute atomic E-state index is 0.155. The standard InChI is InChI=1S/C18H25F3N2O/c1-24-14-6-7-15(16(12-14)18(19,20)21)17(13-4-2-3-5-13)23-10-8-22-9-11-23/h6-7,12-13,17,22H,2-5,8-11H2,1H3/t17-/m1/s1. The molecule has 6 heteroatoms. The molecule has 0 unspecified atom stereocenters. The lowest BCUT2D eigenvalue weighted by molar-refractivity contribution is -0.139. The van der Waals surface area contributed by atoms with E-state index in [2.05, 4.69) is 10.2 Å². The Bertz CT molecular complexity index is 550. The highest BCUT2D eigenvalue weighted by atomic mass is 19.4. The molecule has 134 valence electrons. The fourth-order valence-corrected chi connectivity index (χ4v) is 4.15. The molecule has 1 N–H and O–H groups in total. The van der Waals surface area contributed by atoms with Crippen LogP contribution in [0, 0.1) is 5.92 Å². The van der Waals surface area contributed by atoms with Gasteiger partial charge in [-0.2, -0.15) is 13.2 Å². The molecule has 2 aliphatic rings. The highest BCUT2D eigenvalue weighted by molar-refractivity contribution is 5.40. The van der Waals surface area contributed by atoms with E-state index in [1.807, 2.05) is 0 Å². The van der Waals surface area contributed by atoms with Gasteiger partial charge in [0.1, 0.15) is 5.75 Å². The van der Waals surface area contributed by atoms with E-state index in [0.717, 1.165) is 57.9 Å². The Morgan fingerprint density at radius 3 is 2.42 bits per heavy atom. The summed E-state index contributed by atoms with van der Waals surface area (Å²) >= 11 is 0. The van der Waals surface area contributed by atoms with Gasteiger partial charge in [-0.1, -0.05) is 18.9 Å². The summed E-state index contributed by atoms with van der Waals surface area (Å²) in [6, 6.07) is 4.29. The number of hydrogen-bond acceptors (Lipinski definition) is 3. The minimum atomic E-state index is -4.37. The number of rotatable bonds is 4. The summed E-state index contributed by atoms with van der Waals surface area (Å²) in [7, 11) is 1.40. The molecule has 1 aromatic carbocycles. The van der Waals surface area contributed by atoms with Crippen LogP contribution in [0.1, 0.15) is 42.9 Å². The van der Waals surface area contributed by atoms with Crippen LogP contribution in [0.3, 0.4) is 0 Å². The number of ether oxygens (including phenoxy) is 1. The Labute approximate surface area is 141 Å². The van der Waals surface area contributed by atoms with Crippen molar-refractivity contribution in [2.24, 2.45) is 5.92 Å². The molecular formula is C18H25F3N2O. The number of hydrogen-bond donors (Lipinski definition) is 1. The SMILES string of the molecule is COc1ccc([C@@H](C2CCCC2)N2CCNCC2)c(C(F)(F)F)c1. The lowest BCUT2D eigenvalue weighted by Crippen LogP contribution is -2.47. The van der Waals surface area contributed by atoms with E-state index >= 15 is 0 Å². The van der Waals surface area contributed by atoms with Crippen LogP contribution in [0.5, 0.6) is 5.75 Å². The van der Waals surface area contributed by atoms with E-state index in [-0.39, 0.29) is 11.8 Å². The fraction of sp³-hybridized carbons (Fsp3) is 0.667. The number of nitrogens with zero attached hydrogens (tertiary/aromatic N) is 1. The lowest BCUT2D eigenvalue weighted by Gasteiger charge is -2.39. The molecule has 1 saturated carbocycles. The van der Waals surface area contributed by atoms with Gasteiger partial charge < -0.3 is 10.1 Å². The first kappa shape index (κ1) is 17.5. The molecule has 24 heavy (non-hydrogen) atoms. The lowest BCUT2D eigenvalue weighted by atomic mass is 9.86. The molecule has 1 atom stereocenters. The van der Waals surface area contributed by atoms with E-state index in [9.17, 15) is 13.2 Å². The maximum absolute atomic E-state index is 13.7. The Morgan fingerprint density at radius 1 is 1.17 bits per heavy atom. The van der Waals surface area contributed by atoms with Gasteiger partial charge in [-0.15, -0.1) is 0 Å². The van der Waals surface area contributed by atoms with E-state index in [1.54, 1.807) is 12.1 Å². The summed E-state index contributed by atoms with van der Waals surface area (Å²) in [5, 5.41) is 3.29. The van der Waals surface area contributed by atoms with Gasteiger partial charge in [-0.05, 0) is 36.5 Å². The molecule has 3 nitrogen and oxygen atoms in total. The third-order valence-corrected chi connectivity index (χ3v) is 5.28. The molecule has 0 aromatic heterocycles. The summed E-state index contributed by atoms with van der Waals surface area (Å²) in [4.78, 5) is 2.24. The smallest absolute Gasteiger partial charge is 0.416 e. The van der Waals surface area contributed by atoms with Gasteiger partial charge in [0.15, 0.2) is 0 Å². The van der Waals surface area contributed by atoms with Gasteiger partial charge >= 0.3 is 6.18 Å². The third kappa shape index (κ3) is 3.70. The maximum atomic E-state index is 13.7. The number of nitrogens with one attached hydrogen (secondary N) is 1. The highest BCUT2D eigenvalue weighted by Crippen LogP contribution is 2.45. The molecule has 1 aliphatic heterocycles. The zero-order valence-electron chi connectivity index (χ0n) is 14.0.